The van der Waals surface area contributed by atoms with Gasteiger partial charge in [0, 0.05) is 6.54 Å². The Kier molecular flexibility index (Phi) is 6.73. The number of rotatable bonds is 7. The number of amides is 1. The molecule has 1 aliphatic rings. The number of benzene rings is 2. The molecule has 1 aliphatic carbocycles. The maximum absolute atomic E-state index is 13.5. The van der Waals surface area contributed by atoms with Crippen LogP contribution in [0.4, 0.5) is 4.39 Å². The Morgan fingerprint density at radius 2 is 1.72 bits per heavy atom. The van der Waals surface area contributed by atoms with Gasteiger partial charge in [-0.3, -0.25) is 4.79 Å². The third kappa shape index (κ3) is 4.61. The van der Waals surface area contributed by atoms with E-state index in [-0.39, 0.29) is 17.4 Å². The van der Waals surface area contributed by atoms with Crippen LogP contribution in [0.15, 0.2) is 48.5 Å². The number of methoxy groups -OCH3 is 2. The first-order chi connectivity index (χ1) is 15.6. The molecule has 6 nitrogen and oxygen atoms in total. The standard InChI is InChI=1S/C25H28FN3O3/c1-31-22-9-6-10-23(32-2)24(22)21-15-20(25(30)27-16-17-7-4-3-5-8-17)28-29(21)19-13-11-18(26)12-14-19/h6,9-15,17H,3-5,7-8,16H2,1-2H3,(H,27,30). The van der Waals surface area contributed by atoms with Crippen LogP contribution in [0, 0.1) is 11.7 Å². The van der Waals surface area contributed by atoms with Crippen LogP contribution in [0.2, 0.25) is 0 Å². The minimum absolute atomic E-state index is 0.230. The van der Waals surface area contributed by atoms with Crippen LogP contribution in [0.1, 0.15) is 42.6 Å². The van der Waals surface area contributed by atoms with Crippen LogP contribution >= 0.6 is 0 Å². The summed E-state index contributed by atoms with van der Waals surface area (Å²) in [6.07, 6.45) is 6.01. The Bertz CT molecular complexity index is 1050. The summed E-state index contributed by atoms with van der Waals surface area (Å²) < 4.78 is 26.3. The number of carbonyl (C=O) groups excluding carboxylic acids is 1. The molecule has 1 N–H and O–H groups in total. The lowest BCUT2D eigenvalue weighted by Gasteiger charge is -2.21. The molecule has 1 heterocycles. The van der Waals surface area contributed by atoms with Crippen LogP contribution in [0.3, 0.4) is 0 Å². The van der Waals surface area contributed by atoms with Gasteiger partial charge in [-0.2, -0.15) is 5.10 Å². The average molecular weight is 438 g/mol. The van der Waals surface area contributed by atoms with E-state index in [1.165, 1.54) is 31.4 Å². The van der Waals surface area contributed by atoms with E-state index in [4.69, 9.17) is 9.47 Å². The maximum Gasteiger partial charge on any atom is 0.271 e. The first-order valence-corrected chi connectivity index (χ1v) is 11.0. The van der Waals surface area contributed by atoms with Crippen molar-refractivity contribution in [2.75, 3.05) is 20.8 Å². The largest absolute Gasteiger partial charge is 0.496 e. The summed E-state index contributed by atoms with van der Waals surface area (Å²) in [7, 11) is 3.16. The third-order valence-corrected chi connectivity index (χ3v) is 5.97. The van der Waals surface area contributed by atoms with Crippen molar-refractivity contribution >= 4 is 5.91 Å². The first kappa shape index (κ1) is 21.9. The topological polar surface area (TPSA) is 65.4 Å². The Morgan fingerprint density at radius 3 is 2.34 bits per heavy atom. The lowest BCUT2D eigenvalue weighted by atomic mass is 9.89. The minimum Gasteiger partial charge on any atom is -0.496 e. The fourth-order valence-electron chi connectivity index (χ4n) is 4.27. The Morgan fingerprint density at radius 1 is 1.06 bits per heavy atom. The van der Waals surface area contributed by atoms with Crippen molar-refractivity contribution in [3.63, 3.8) is 0 Å². The van der Waals surface area contributed by atoms with Crippen molar-refractivity contribution < 1.29 is 18.7 Å². The molecular weight excluding hydrogens is 409 g/mol. The van der Waals surface area contributed by atoms with Crippen molar-refractivity contribution in [3.8, 4) is 28.4 Å². The van der Waals surface area contributed by atoms with Gasteiger partial charge in [0.05, 0.1) is 31.2 Å². The molecule has 32 heavy (non-hydrogen) atoms. The highest BCUT2D eigenvalue weighted by Crippen LogP contribution is 2.39. The van der Waals surface area contributed by atoms with Crippen LogP contribution in [-0.4, -0.2) is 36.5 Å². The van der Waals surface area contributed by atoms with E-state index in [1.807, 2.05) is 18.2 Å². The van der Waals surface area contributed by atoms with Gasteiger partial charge >= 0.3 is 0 Å². The van der Waals surface area contributed by atoms with Crippen LogP contribution in [-0.2, 0) is 0 Å². The Hall–Kier alpha value is -3.35. The summed E-state index contributed by atoms with van der Waals surface area (Å²) in [5, 5.41) is 7.61. The molecule has 4 rings (SSSR count). The molecule has 0 unspecified atom stereocenters. The van der Waals surface area contributed by atoms with E-state index in [1.54, 1.807) is 37.1 Å². The molecule has 0 bridgehead atoms. The second-order valence-electron chi connectivity index (χ2n) is 8.05. The molecule has 1 saturated carbocycles. The number of nitrogens with zero attached hydrogens (tertiary/aromatic N) is 2. The Balaban J connectivity index is 1.73. The van der Waals surface area contributed by atoms with Gasteiger partial charge in [0.2, 0.25) is 0 Å². The number of halogens is 1. The van der Waals surface area contributed by atoms with Gasteiger partial charge in [0.1, 0.15) is 17.3 Å². The summed E-state index contributed by atoms with van der Waals surface area (Å²) in [5.74, 6) is 1.11. The summed E-state index contributed by atoms with van der Waals surface area (Å²) in [6.45, 7) is 0.648. The zero-order valence-electron chi connectivity index (χ0n) is 18.4. The molecule has 0 atom stereocenters. The lowest BCUT2D eigenvalue weighted by molar-refractivity contribution is 0.0938. The van der Waals surface area contributed by atoms with Gasteiger partial charge in [0.25, 0.3) is 5.91 Å². The number of hydrogen-bond acceptors (Lipinski definition) is 4. The van der Waals surface area contributed by atoms with Gasteiger partial charge < -0.3 is 14.8 Å². The predicted octanol–water partition coefficient (Wildman–Crippen LogP) is 5.01. The Labute approximate surface area is 187 Å². The van der Waals surface area contributed by atoms with Gasteiger partial charge in [-0.25, -0.2) is 9.07 Å². The monoisotopic (exact) mass is 437 g/mol. The first-order valence-electron chi connectivity index (χ1n) is 11.0. The van der Waals surface area contributed by atoms with Gasteiger partial charge in [0.15, 0.2) is 5.69 Å². The minimum atomic E-state index is -0.345. The second-order valence-corrected chi connectivity index (χ2v) is 8.05. The average Bonchev–Trinajstić information content (AvgIpc) is 3.28. The smallest absolute Gasteiger partial charge is 0.271 e. The van der Waals surface area contributed by atoms with Crippen LogP contribution in [0.5, 0.6) is 11.5 Å². The highest BCUT2D eigenvalue weighted by atomic mass is 19.1. The number of hydrogen-bond donors (Lipinski definition) is 1. The zero-order valence-corrected chi connectivity index (χ0v) is 18.4. The van der Waals surface area contributed by atoms with E-state index < -0.39 is 0 Å². The SMILES string of the molecule is COc1cccc(OC)c1-c1cc(C(=O)NCC2CCCCC2)nn1-c1ccc(F)cc1. The number of nitrogens with one attached hydrogen (secondary N) is 1. The molecule has 0 aliphatic heterocycles. The van der Waals surface area contributed by atoms with E-state index in [2.05, 4.69) is 10.4 Å². The number of ether oxygens (including phenoxy) is 2. The fraction of sp³-hybridized carbons (Fsp3) is 0.360. The highest BCUT2D eigenvalue weighted by molar-refractivity contribution is 5.94. The molecule has 1 amide bonds. The molecule has 7 heteroatoms. The van der Waals surface area contributed by atoms with Gasteiger partial charge in [-0.05, 0) is 61.2 Å². The molecule has 1 fully saturated rings. The molecule has 0 radical (unpaired) electrons. The summed E-state index contributed by atoms with van der Waals surface area (Å²) in [4.78, 5) is 13.0. The molecule has 1 aromatic heterocycles. The lowest BCUT2D eigenvalue weighted by Crippen LogP contribution is -2.30. The van der Waals surface area contributed by atoms with Crippen molar-refractivity contribution in [1.29, 1.82) is 0 Å². The van der Waals surface area contributed by atoms with Gasteiger partial charge in [-0.1, -0.05) is 25.3 Å². The fourth-order valence-corrected chi connectivity index (χ4v) is 4.27. The van der Waals surface area contributed by atoms with Crippen molar-refractivity contribution in [3.05, 3.63) is 60.0 Å². The normalized spacial score (nSPS) is 14.2. The van der Waals surface area contributed by atoms with Crippen LogP contribution in [0.25, 0.3) is 16.9 Å². The molecule has 168 valence electrons. The quantitative estimate of drug-likeness (QED) is 0.565. The maximum atomic E-state index is 13.5. The highest BCUT2D eigenvalue weighted by Gasteiger charge is 2.23. The number of aromatic nitrogens is 2. The number of carbonyl (C=O) groups is 1. The van der Waals surface area contributed by atoms with Crippen molar-refractivity contribution in [1.82, 2.24) is 15.1 Å². The van der Waals surface area contributed by atoms with Crippen molar-refractivity contribution in [2.24, 2.45) is 5.92 Å². The molecule has 3 aromatic rings. The summed E-state index contributed by atoms with van der Waals surface area (Å²) in [5.41, 5.74) is 2.20. The van der Waals surface area contributed by atoms with E-state index in [0.29, 0.717) is 40.9 Å². The van der Waals surface area contributed by atoms with Crippen LogP contribution < -0.4 is 14.8 Å². The molecule has 2 aromatic carbocycles. The molecule has 0 saturated heterocycles. The van der Waals surface area contributed by atoms with Crippen molar-refractivity contribution in [2.45, 2.75) is 32.1 Å². The summed E-state index contributed by atoms with van der Waals surface area (Å²) >= 11 is 0. The van der Waals surface area contributed by atoms with E-state index >= 15 is 0 Å². The zero-order chi connectivity index (χ0) is 22.5. The van der Waals surface area contributed by atoms with E-state index in [9.17, 15) is 9.18 Å². The third-order valence-electron chi connectivity index (χ3n) is 5.97. The second kappa shape index (κ2) is 9.85. The molecular formula is C25H28FN3O3. The summed E-state index contributed by atoms with van der Waals surface area (Å²) in [6, 6.07) is 13.2. The predicted molar refractivity (Wildman–Crippen MR) is 121 cm³/mol. The van der Waals surface area contributed by atoms with Gasteiger partial charge in [-0.15, -0.1) is 0 Å². The molecule has 0 spiro atoms. The van der Waals surface area contributed by atoms with E-state index in [0.717, 1.165) is 12.8 Å².